The first-order valence-electron chi connectivity index (χ1n) is 12.1. The van der Waals surface area contributed by atoms with E-state index in [0.29, 0.717) is 43.5 Å². The number of halogens is 6. The van der Waals surface area contributed by atoms with Crippen LogP contribution >= 0.6 is 0 Å². The minimum absolute atomic E-state index is 0.0451. The van der Waals surface area contributed by atoms with E-state index in [4.69, 9.17) is 4.42 Å². The summed E-state index contributed by atoms with van der Waals surface area (Å²) in [5, 5.41) is 21.3. The van der Waals surface area contributed by atoms with Crippen molar-refractivity contribution in [3.05, 3.63) is 94.5 Å². The van der Waals surface area contributed by atoms with Gasteiger partial charge in [0.15, 0.2) is 0 Å². The molecule has 11 heteroatoms. The lowest BCUT2D eigenvalue weighted by molar-refractivity contribution is -0.143. The van der Waals surface area contributed by atoms with Gasteiger partial charge in [-0.2, -0.15) is 26.3 Å². The first-order valence-corrected chi connectivity index (χ1v) is 12.1. The summed E-state index contributed by atoms with van der Waals surface area (Å²) in [5.74, 6) is -0.509. The van der Waals surface area contributed by atoms with E-state index < -0.39 is 40.5 Å². The van der Waals surface area contributed by atoms with Gasteiger partial charge in [-0.25, -0.2) is 0 Å². The highest BCUT2D eigenvalue weighted by molar-refractivity contribution is 5.61. The molecule has 2 N–H and O–H groups in total. The zero-order valence-corrected chi connectivity index (χ0v) is 20.4. The summed E-state index contributed by atoms with van der Waals surface area (Å²) in [4.78, 5) is 0. The van der Waals surface area contributed by atoms with Crippen molar-refractivity contribution in [1.82, 2.24) is 15.5 Å². The highest BCUT2D eigenvalue weighted by Gasteiger charge is 2.38. The molecule has 1 atom stereocenters. The maximum atomic E-state index is 13.3. The lowest BCUT2D eigenvalue weighted by atomic mass is 9.77. The average Bonchev–Trinajstić information content (AvgIpc) is 3.41. The Morgan fingerprint density at radius 3 is 2.05 bits per heavy atom. The Labute approximate surface area is 219 Å². The van der Waals surface area contributed by atoms with Gasteiger partial charge in [0.05, 0.1) is 17.7 Å². The topological polar surface area (TPSA) is 71.2 Å². The van der Waals surface area contributed by atoms with Gasteiger partial charge < -0.3 is 14.8 Å². The Bertz CT molecular complexity index is 1430. The highest BCUT2D eigenvalue weighted by atomic mass is 19.4. The van der Waals surface area contributed by atoms with E-state index in [2.05, 4.69) is 15.5 Å². The largest absolute Gasteiger partial charge is 0.416 e. The van der Waals surface area contributed by atoms with E-state index in [1.54, 1.807) is 12.1 Å². The fourth-order valence-electron chi connectivity index (χ4n) is 4.76. The molecule has 0 unspecified atom stereocenters. The van der Waals surface area contributed by atoms with Crippen LogP contribution < -0.4 is 5.32 Å². The van der Waals surface area contributed by atoms with Crippen molar-refractivity contribution in [2.75, 3.05) is 6.61 Å². The molecule has 4 aromatic rings. The number of fused-ring (bicyclic) bond motifs is 1. The number of aryl methyl sites for hydroxylation is 1. The lowest BCUT2D eigenvalue weighted by Gasteiger charge is -2.38. The zero-order valence-electron chi connectivity index (χ0n) is 20.4. The maximum absolute atomic E-state index is 13.3. The van der Waals surface area contributed by atoms with Crippen LogP contribution in [0.4, 0.5) is 26.3 Å². The van der Waals surface area contributed by atoms with Gasteiger partial charge in [0.1, 0.15) is 0 Å². The summed E-state index contributed by atoms with van der Waals surface area (Å²) in [5.41, 5.74) is -0.457. The van der Waals surface area contributed by atoms with E-state index in [9.17, 15) is 31.4 Å². The molecule has 39 heavy (non-hydrogen) atoms. The van der Waals surface area contributed by atoms with Gasteiger partial charge in [0, 0.05) is 23.2 Å². The molecule has 0 spiro atoms. The Kier molecular flexibility index (Phi) is 6.98. The third-order valence-electron chi connectivity index (χ3n) is 6.93. The molecule has 0 aliphatic heterocycles. The van der Waals surface area contributed by atoms with Crippen LogP contribution in [-0.2, 0) is 31.7 Å². The predicted molar refractivity (Wildman–Crippen MR) is 130 cm³/mol. The molecule has 0 bridgehead atoms. The van der Waals surface area contributed by atoms with E-state index in [-0.39, 0.29) is 18.6 Å². The molecule has 5 rings (SSSR count). The molecule has 0 saturated carbocycles. The Morgan fingerprint density at radius 1 is 0.795 bits per heavy atom. The molecular formula is C28H23F6N3O2. The third kappa shape index (κ3) is 5.84. The molecule has 1 aliphatic carbocycles. The lowest BCUT2D eigenvalue weighted by Crippen LogP contribution is -2.52. The number of rotatable bonds is 6. The molecule has 5 nitrogen and oxygen atoms in total. The minimum Gasteiger partial charge on any atom is -0.416 e. The van der Waals surface area contributed by atoms with Crippen molar-refractivity contribution in [2.24, 2.45) is 0 Å². The van der Waals surface area contributed by atoms with Gasteiger partial charge in [0.25, 0.3) is 0 Å². The monoisotopic (exact) mass is 547 g/mol. The Hall–Kier alpha value is -3.70. The quantitative estimate of drug-likeness (QED) is 0.272. The molecule has 1 heterocycles. The van der Waals surface area contributed by atoms with Gasteiger partial charge in [-0.3, -0.25) is 0 Å². The number of aromatic nitrogens is 2. The van der Waals surface area contributed by atoms with Crippen LogP contribution in [0.2, 0.25) is 0 Å². The Morgan fingerprint density at radius 2 is 1.44 bits per heavy atom. The third-order valence-corrected chi connectivity index (χ3v) is 6.93. The van der Waals surface area contributed by atoms with Crippen LogP contribution in [0.1, 0.15) is 34.2 Å². The van der Waals surface area contributed by atoms with Crippen LogP contribution in [-0.4, -0.2) is 27.4 Å². The standard InChI is InChI=1S/C28H23F6N3O2/c29-27(30,31)22-11-20(12-23(13-22)28(32,33)34)25-37-36-24(39-25)19-7-6-18-8-9-26(16-38,14-21(18)10-19)35-15-17-4-2-1-3-5-17/h1-7,10-13,35,38H,8-9,14-16H2/t26-/m0/s1. The van der Waals surface area contributed by atoms with E-state index in [1.807, 2.05) is 36.4 Å². The van der Waals surface area contributed by atoms with Crippen LogP contribution in [0.3, 0.4) is 0 Å². The number of aliphatic hydroxyl groups excluding tert-OH is 1. The van der Waals surface area contributed by atoms with Gasteiger partial charge in [-0.05, 0) is 66.3 Å². The SMILES string of the molecule is OC[C@]1(NCc2ccccc2)CCc2ccc(-c3nnc(-c4cc(C(F)(F)F)cc(C(F)(F)F)c4)o3)cc2C1. The smallest absolute Gasteiger partial charge is 0.416 e. The number of alkyl halides is 6. The average molecular weight is 547 g/mol. The van der Waals surface area contributed by atoms with Crippen LogP contribution in [0.15, 0.2) is 71.1 Å². The van der Waals surface area contributed by atoms with E-state index in [1.165, 1.54) is 0 Å². The van der Waals surface area contributed by atoms with Crippen molar-refractivity contribution in [3.8, 4) is 22.9 Å². The fraction of sp³-hybridized carbons (Fsp3) is 0.286. The molecule has 0 radical (unpaired) electrons. The second-order valence-corrected chi connectivity index (χ2v) is 9.64. The fourth-order valence-corrected chi connectivity index (χ4v) is 4.76. The molecule has 0 amide bonds. The summed E-state index contributed by atoms with van der Waals surface area (Å²) in [6, 6.07) is 16.3. The van der Waals surface area contributed by atoms with E-state index in [0.717, 1.165) is 16.7 Å². The number of hydrogen-bond donors (Lipinski definition) is 2. The normalized spacial score (nSPS) is 17.7. The molecule has 1 aromatic heterocycles. The summed E-state index contributed by atoms with van der Waals surface area (Å²) in [7, 11) is 0. The van der Waals surface area contributed by atoms with Crippen LogP contribution in [0.5, 0.6) is 0 Å². The number of aliphatic hydroxyl groups is 1. The number of nitrogens with one attached hydrogen (secondary N) is 1. The molecule has 1 aliphatic rings. The van der Waals surface area contributed by atoms with Gasteiger partial charge in [0.2, 0.25) is 11.8 Å². The summed E-state index contributed by atoms with van der Waals surface area (Å²) < 4.78 is 85.2. The first-order chi connectivity index (χ1) is 18.5. The van der Waals surface area contributed by atoms with Gasteiger partial charge in [-0.15, -0.1) is 10.2 Å². The van der Waals surface area contributed by atoms with E-state index >= 15 is 0 Å². The number of hydrogen-bond acceptors (Lipinski definition) is 5. The molecular weight excluding hydrogens is 524 g/mol. The number of nitrogens with zero attached hydrogens (tertiary/aromatic N) is 2. The minimum atomic E-state index is -4.99. The van der Waals surface area contributed by atoms with Crippen molar-refractivity contribution in [1.29, 1.82) is 0 Å². The maximum Gasteiger partial charge on any atom is 0.416 e. The number of benzene rings is 3. The van der Waals surface area contributed by atoms with Crippen molar-refractivity contribution < 1.29 is 35.9 Å². The summed E-state index contributed by atoms with van der Waals surface area (Å²) >= 11 is 0. The second-order valence-electron chi connectivity index (χ2n) is 9.64. The molecule has 204 valence electrons. The zero-order chi connectivity index (χ0) is 27.8. The molecule has 0 saturated heterocycles. The Balaban J connectivity index is 1.42. The predicted octanol–water partition coefficient (Wildman–Crippen LogP) is 6.45. The van der Waals surface area contributed by atoms with Gasteiger partial charge >= 0.3 is 12.4 Å². The molecule has 0 fully saturated rings. The van der Waals surface area contributed by atoms with Crippen LogP contribution in [0, 0.1) is 0 Å². The van der Waals surface area contributed by atoms with Gasteiger partial charge in [-0.1, -0.05) is 36.4 Å². The first kappa shape index (κ1) is 26.9. The summed E-state index contributed by atoms with van der Waals surface area (Å²) in [6.45, 7) is 0.478. The highest BCUT2D eigenvalue weighted by Crippen LogP contribution is 2.39. The molecule has 3 aromatic carbocycles. The van der Waals surface area contributed by atoms with Crippen molar-refractivity contribution >= 4 is 0 Å². The summed E-state index contributed by atoms with van der Waals surface area (Å²) in [6.07, 6.45) is -8.07. The van der Waals surface area contributed by atoms with Crippen LogP contribution in [0.25, 0.3) is 22.9 Å². The van der Waals surface area contributed by atoms with Crippen molar-refractivity contribution in [2.45, 2.75) is 43.7 Å². The second kappa shape index (κ2) is 10.1. The van der Waals surface area contributed by atoms with Crippen molar-refractivity contribution in [3.63, 3.8) is 0 Å².